The van der Waals surface area contributed by atoms with Gasteiger partial charge in [-0.2, -0.15) is 0 Å². The first-order valence-corrected chi connectivity index (χ1v) is 10.0. The Labute approximate surface area is 163 Å². The van der Waals surface area contributed by atoms with Crippen LogP contribution >= 0.6 is 34.7 Å². The molecule has 132 valence electrons. The van der Waals surface area contributed by atoms with Gasteiger partial charge in [0.1, 0.15) is 0 Å². The van der Waals surface area contributed by atoms with Gasteiger partial charge >= 0.3 is 0 Å². The Morgan fingerprint density at radius 1 is 1.08 bits per heavy atom. The predicted molar refractivity (Wildman–Crippen MR) is 108 cm³/mol. The molecule has 0 fully saturated rings. The van der Waals surface area contributed by atoms with E-state index in [1.54, 1.807) is 48.0 Å². The van der Waals surface area contributed by atoms with Crippen LogP contribution in [0.1, 0.15) is 20.7 Å². The van der Waals surface area contributed by atoms with Crippen LogP contribution in [0.4, 0.5) is 10.8 Å². The number of thioether (sulfide) groups is 1. The van der Waals surface area contributed by atoms with Gasteiger partial charge in [0.2, 0.25) is 0 Å². The summed E-state index contributed by atoms with van der Waals surface area (Å²) < 4.78 is 0. The van der Waals surface area contributed by atoms with Crippen molar-refractivity contribution in [2.75, 3.05) is 16.9 Å². The van der Waals surface area contributed by atoms with E-state index in [-0.39, 0.29) is 11.8 Å². The van der Waals surface area contributed by atoms with E-state index in [2.05, 4.69) is 15.6 Å². The number of carbonyl (C=O) groups excluding carboxylic acids is 2. The zero-order valence-corrected chi connectivity index (χ0v) is 16.0. The van der Waals surface area contributed by atoms with Gasteiger partial charge in [-0.3, -0.25) is 14.9 Å². The Kier molecular flexibility index (Phi) is 5.92. The normalized spacial score (nSPS) is 10.4. The number of halogens is 1. The summed E-state index contributed by atoms with van der Waals surface area (Å²) in [6.45, 7) is 0. The largest absolute Gasteiger partial charge is 0.322 e. The van der Waals surface area contributed by atoms with Gasteiger partial charge < -0.3 is 5.32 Å². The summed E-state index contributed by atoms with van der Waals surface area (Å²) in [5.41, 5.74) is 1.45. The third-order valence-corrected chi connectivity index (χ3v) is 5.22. The van der Waals surface area contributed by atoms with Crippen molar-refractivity contribution >= 4 is 57.3 Å². The van der Waals surface area contributed by atoms with Gasteiger partial charge in [-0.25, -0.2) is 4.98 Å². The fraction of sp³-hybridized carbons (Fsp3) is 0.0556. The molecule has 0 spiro atoms. The number of rotatable bonds is 5. The van der Waals surface area contributed by atoms with Crippen molar-refractivity contribution in [3.63, 3.8) is 0 Å². The Balaban J connectivity index is 1.69. The zero-order valence-electron chi connectivity index (χ0n) is 13.7. The van der Waals surface area contributed by atoms with Crippen LogP contribution in [0, 0.1) is 0 Å². The number of nitrogens with one attached hydrogen (secondary N) is 2. The number of carbonyl (C=O) groups is 2. The molecule has 0 atom stereocenters. The molecule has 0 aliphatic rings. The molecule has 1 aromatic heterocycles. The molecule has 8 heteroatoms. The molecule has 5 nitrogen and oxygen atoms in total. The van der Waals surface area contributed by atoms with E-state index in [1.807, 2.05) is 12.3 Å². The van der Waals surface area contributed by atoms with Gasteiger partial charge in [0.05, 0.1) is 10.6 Å². The molecule has 0 aliphatic carbocycles. The van der Waals surface area contributed by atoms with Gasteiger partial charge in [-0.1, -0.05) is 11.6 Å². The molecule has 0 unspecified atom stereocenters. The average molecular weight is 404 g/mol. The van der Waals surface area contributed by atoms with Crippen LogP contribution in [0.5, 0.6) is 0 Å². The third-order valence-electron chi connectivity index (χ3n) is 3.48. The first-order valence-electron chi connectivity index (χ1n) is 7.52. The highest BCUT2D eigenvalue weighted by Crippen LogP contribution is 2.24. The number of amides is 2. The molecule has 0 saturated heterocycles. The maximum absolute atomic E-state index is 12.4. The molecule has 0 aliphatic heterocycles. The molecule has 3 aromatic rings. The monoisotopic (exact) mass is 403 g/mol. The highest BCUT2D eigenvalue weighted by atomic mass is 35.5. The summed E-state index contributed by atoms with van der Waals surface area (Å²) in [6.07, 6.45) is 3.55. The standard InChI is InChI=1S/C18H14ClN3O2S2/c1-25-13-6-7-15(19)14(10-13)17(24)21-12-4-2-11(3-5-12)16(23)22-18-20-8-9-26-18/h2-10H,1H3,(H,21,24)(H,20,22,23). The second kappa shape index (κ2) is 8.35. The van der Waals surface area contributed by atoms with Crippen molar-refractivity contribution in [2.45, 2.75) is 4.90 Å². The molecule has 2 amide bonds. The number of benzene rings is 2. The van der Waals surface area contributed by atoms with E-state index < -0.39 is 0 Å². The highest BCUT2D eigenvalue weighted by molar-refractivity contribution is 7.98. The minimum Gasteiger partial charge on any atom is -0.322 e. The van der Waals surface area contributed by atoms with Crippen LogP contribution in [-0.2, 0) is 0 Å². The van der Waals surface area contributed by atoms with Crippen molar-refractivity contribution < 1.29 is 9.59 Å². The minimum atomic E-state index is -0.300. The molecular formula is C18H14ClN3O2S2. The second-order valence-corrected chi connectivity index (χ2v) is 7.35. The van der Waals surface area contributed by atoms with Crippen LogP contribution in [-0.4, -0.2) is 23.1 Å². The summed E-state index contributed by atoms with van der Waals surface area (Å²) in [4.78, 5) is 29.5. The van der Waals surface area contributed by atoms with Crippen LogP contribution < -0.4 is 10.6 Å². The fourth-order valence-electron chi connectivity index (χ4n) is 2.16. The lowest BCUT2D eigenvalue weighted by molar-refractivity contribution is 0.102. The minimum absolute atomic E-state index is 0.256. The Morgan fingerprint density at radius 2 is 1.85 bits per heavy atom. The van der Waals surface area contributed by atoms with Crippen LogP contribution in [0.15, 0.2) is 58.9 Å². The van der Waals surface area contributed by atoms with E-state index in [4.69, 9.17) is 11.6 Å². The molecule has 26 heavy (non-hydrogen) atoms. The van der Waals surface area contributed by atoms with Crippen molar-refractivity contribution in [2.24, 2.45) is 0 Å². The SMILES string of the molecule is CSc1ccc(Cl)c(C(=O)Nc2ccc(C(=O)Nc3nccs3)cc2)c1. The number of hydrogen-bond donors (Lipinski definition) is 2. The molecular weight excluding hydrogens is 390 g/mol. The Hall–Kier alpha value is -2.35. The maximum atomic E-state index is 12.4. The lowest BCUT2D eigenvalue weighted by atomic mass is 10.1. The number of anilines is 2. The number of hydrogen-bond acceptors (Lipinski definition) is 5. The first-order chi connectivity index (χ1) is 12.6. The molecule has 0 radical (unpaired) electrons. The fourth-order valence-corrected chi connectivity index (χ4v) is 3.33. The Morgan fingerprint density at radius 3 is 2.50 bits per heavy atom. The first kappa shape index (κ1) is 18.4. The highest BCUT2D eigenvalue weighted by Gasteiger charge is 2.12. The summed E-state index contributed by atoms with van der Waals surface area (Å²) in [6, 6.07) is 11.9. The number of nitrogens with zero attached hydrogens (tertiary/aromatic N) is 1. The quantitative estimate of drug-likeness (QED) is 0.586. The van der Waals surface area contributed by atoms with Gasteiger partial charge in [-0.15, -0.1) is 23.1 Å². The zero-order chi connectivity index (χ0) is 18.5. The van der Waals surface area contributed by atoms with E-state index in [0.29, 0.717) is 27.0 Å². The summed E-state index contributed by atoms with van der Waals surface area (Å²) in [5, 5.41) is 8.20. The van der Waals surface area contributed by atoms with Gasteiger partial charge in [0, 0.05) is 27.7 Å². The van der Waals surface area contributed by atoms with Gasteiger partial charge in [-0.05, 0) is 48.7 Å². The van der Waals surface area contributed by atoms with E-state index >= 15 is 0 Å². The topological polar surface area (TPSA) is 71.1 Å². The van der Waals surface area contributed by atoms with E-state index in [1.165, 1.54) is 23.1 Å². The van der Waals surface area contributed by atoms with E-state index in [0.717, 1.165) is 4.90 Å². The molecule has 0 bridgehead atoms. The molecule has 2 aromatic carbocycles. The maximum Gasteiger partial charge on any atom is 0.257 e. The number of thiazole rings is 1. The van der Waals surface area contributed by atoms with E-state index in [9.17, 15) is 9.59 Å². The molecule has 3 rings (SSSR count). The Bertz CT molecular complexity index is 928. The van der Waals surface area contributed by atoms with Crippen molar-refractivity contribution in [1.29, 1.82) is 0 Å². The molecule has 1 heterocycles. The lowest BCUT2D eigenvalue weighted by Crippen LogP contribution is -2.14. The van der Waals surface area contributed by atoms with Crippen molar-refractivity contribution in [3.05, 3.63) is 70.2 Å². The molecule has 0 saturated carbocycles. The van der Waals surface area contributed by atoms with Gasteiger partial charge in [0.25, 0.3) is 11.8 Å². The summed E-state index contributed by atoms with van der Waals surface area (Å²) in [5.74, 6) is -0.556. The average Bonchev–Trinajstić information content (AvgIpc) is 3.15. The van der Waals surface area contributed by atoms with Gasteiger partial charge in [0.15, 0.2) is 5.13 Å². The number of aromatic nitrogens is 1. The van der Waals surface area contributed by atoms with Crippen LogP contribution in [0.2, 0.25) is 5.02 Å². The summed E-state index contributed by atoms with van der Waals surface area (Å²) in [7, 11) is 0. The lowest BCUT2D eigenvalue weighted by Gasteiger charge is -2.09. The smallest absolute Gasteiger partial charge is 0.257 e. The van der Waals surface area contributed by atoms with Crippen LogP contribution in [0.25, 0.3) is 0 Å². The molecule has 2 N–H and O–H groups in total. The van der Waals surface area contributed by atoms with Crippen LogP contribution in [0.3, 0.4) is 0 Å². The summed E-state index contributed by atoms with van der Waals surface area (Å²) >= 11 is 9.00. The third kappa shape index (κ3) is 4.43. The van der Waals surface area contributed by atoms with Crippen molar-refractivity contribution in [1.82, 2.24) is 4.98 Å². The predicted octanol–water partition coefficient (Wildman–Crippen LogP) is 5.02. The second-order valence-electron chi connectivity index (χ2n) is 5.17. The van der Waals surface area contributed by atoms with Crippen molar-refractivity contribution in [3.8, 4) is 0 Å².